The number of piperazine rings is 1. The Morgan fingerprint density at radius 2 is 1.71 bits per heavy atom. The Kier molecular flexibility index (Phi) is 3.16. The molecule has 0 radical (unpaired) electrons. The van der Waals surface area contributed by atoms with E-state index in [-0.39, 0.29) is 0 Å². The minimum atomic E-state index is 0.318. The zero-order valence-electron chi connectivity index (χ0n) is 11.8. The molecule has 0 spiro atoms. The molecular formula is C17H18N2O2. The lowest BCUT2D eigenvalue weighted by molar-refractivity contribution is 0.174. The van der Waals surface area contributed by atoms with Gasteiger partial charge >= 0.3 is 0 Å². The molecule has 0 atom stereocenters. The fraction of sp³-hybridized carbons (Fsp3) is 0.294. The maximum atomic E-state index is 5.50. The average molecular weight is 282 g/mol. The standard InChI is InChI=1S/C17H18N2O2/c1-2-4-15(19-9-7-18-8-10-19)14(3-1)13-5-6-16-17(11-13)21-12-20-16/h1-6,11,18H,7-10,12H2. The Hall–Kier alpha value is -2.20. The number of para-hydroxylation sites is 1. The van der Waals surface area contributed by atoms with Gasteiger partial charge in [-0.3, -0.25) is 0 Å². The molecule has 2 aliphatic heterocycles. The highest BCUT2D eigenvalue weighted by Gasteiger charge is 2.18. The van der Waals surface area contributed by atoms with E-state index in [0.29, 0.717) is 6.79 Å². The van der Waals surface area contributed by atoms with Crippen LogP contribution in [-0.2, 0) is 0 Å². The quantitative estimate of drug-likeness (QED) is 0.917. The summed E-state index contributed by atoms with van der Waals surface area (Å²) in [7, 11) is 0. The fourth-order valence-electron chi connectivity index (χ4n) is 2.96. The van der Waals surface area contributed by atoms with E-state index < -0.39 is 0 Å². The van der Waals surface area contributed by atoms with Gasteiger partial charge in [0, 0.05) is 37.4 Å². The maximum absolute atomic E-state index is 5.50. The Morgan fingerprint density at radius 3 is 2.62 bits per heavy atom. The molecule has 4 heteroatoms. The number of nitrogens with zero attached hydrogens (tertiary/aromatic N) is 1. The van der Waals surface area contributed by atoms with Crippen molar-refractivity contribution in [1.82, 2.24) is 5.32 Å². The van der Waals surface area contributed by atoms with Crippen LogP contribution < -0.4 is 19.7 Å². The SMILES string of the molecule is c1ccc(N2CCNCC2)c(-c2ccc3c(c2)OCO3)c1. The van der Waals surface area contributed by atoms with Crippen LogP contribution in [0.2, 0.25) is 0 Å². The van der Waals surface area contributed by atoms with Crippen LogP contribution >= 0.6 is 0 Å². The lowest BCUT2D eigenvalue weighted by atomic mass is 10.0. The minimum absolute atomic E-state index is 0.318. The summed E-state index contributed by atoms with van der Waals surface area (Å²) in [5, 5.41) is 3.40. The summed E-state index contributed by atoms with van der Waals surface area (Å²) in [6.07, 6.45) is 0. The minimum Gasteiger partial charge on any atom is -0.454 e. The van der Waals surface area contributed by atoms with Crippen LogP contribution in [-0.4, -0.2) is 33.0 Å². The molecule has 0 amide bonds. The molecule has 0 saturated carbocycles. The van der Waals surface area contributed by atoms with Gasteiger partial charge < -0.3 is 19.7 Å². The lowest BCUT2D eigenvalue weighted by Gasteiger charge is -2.31. The van der Waals surface area contributed by atoms with E-state index in [9.17, 15) is 0 Å². The molecule has 1 saturated heterocycles. The lowest BCUT2D eigenvalue weighted by Crippen LogP contribution is -2.43. The van der Waals surface area contributed by atoms with Crippen LogP contribution in [0, 0.1) is 0 Å². The van der Waals surface area contributed by atoms with Gasteiger partial charge in [-0.1, -0.05) is 24.3 Å². The number of fused-ring (bicyclic) bond motifs is 1. The third-order valence-corrected chi connectivity index (χ3v) is 4.05. The van der Waals surface area contributed by atoms with E-state index >= 15 is 0 Å². The number of ether oxygens (including phenoxy) is 2. The van der Waals surface area contributed by atoms with Crippen LogP contribution in [0.25, 0.3) is 11.1 Å². The summed E-state index contributed by atoms with van der Waals surface area (Å²) in [5.74, 6) is 1.67. The molecule has 2 heterocycles. The Balaban J connectivity index is 1.74. The van der Waals surface area contributed by atoms with Crippen LogP contribution in [0.1, 0.15) is 0 Å². The first kappa shape index (κ1) is 12.5. The van der Waals surface area contributed by atoms with Gasteiger partial charge in [-0.15, -0.1) is 0 Å². The van der Waals surface area contributed by atoms with Crippen molar-refractivity contribution >= 4 is 5.69 Å². The summed E-state index contributed by atoms with van der Waals surface area (Å²) < 4.78 is 10.9. The third kappa shape index (κ3) is 2.32. The van der Waals surface area contributed by atoms with Gasteiger partial charge in [0.1, 0.15) is 0 Å². The smallest absolute Gasteiger partial charge is 0.231 e. The highest BCUT2D eigenvalue weighted by molar-refractivity contribution is 5.80. The van der Waals surface area contributed by atoms with Crippen molar-refractivity contribution in [3.05, 3.63) is 42.5 Å². The third-order valence-electron chi connectivity index (χ3n) is 4.05. The highest BCUT2D eigenvalue weighted by atomic mass is 16.7. The first-order valence-electron chi connectivity index (χ1n) is 7.36. The summed E-state index contributed by atoms with van der Waals surface area (Å²) in [6.45, 7) is 4.48. The molecule has 1 fully saturated rings. The number of rotatable bonds is 2. The van der Waals surface area contributed by atoms with E-state index in [1.54, 1.807) is 0 Å². The summed E-state index contributed by atoms with van der Waals surface area (Å²) in [6, 6.07) is 14.7. The zero-order chi connectivity index (χ0) is 14.1. The van der Waals surface area contributed by atoms with Crippen molar-refractivity contribution in [2.45, 2.75) is 0 Å². The van der Waals surface area contributed by atoms with Gasteiger partial charge in [0.2, 0.25) is 6.79 Å². The normalized spacial score (nSPS) is 17.0. The summed E-state index contributed by atoms with van der Waals surface area (Å²) in [4.78, 5) is 2.44. The molecule has 0 unspecified atom stereocenters. The predicted molar refractivity (Wildman–Crippen MR) is 83.1 cm³/mol. The van der Waals surface area contributed by atoms with Crippen LogP contribution in [0.5, 0.6) is 11.5 Å². The molecule has 0 aromatic heterocycles. The van der Waals surface area contributed by atoms with Gasteiger partial charge in [0.15, 0.2) is 11.5 Å². The van der Waals surface area contributed by atoms with Crippen molar-refractivity contribution in [3.63, 3.8) is 0 Å². The van der Waals surface area contributed by atoms with Crippen molar-refractivity contribution < 1.29 is 9.47 Å². The average Bonchev–Trinajstić information content (AvgIpc) is 3.03. The van der Waals surface area contributed by atoms with Crippen LogP contribution in [0.15, 0.2) is 42.5 Å². The molecule has 2 aromatic rings. The van der Waals surface area contributed by atoms with Gasteiger partial charge in [0.05, 0.1) is 0 Å². The first-order valence-corrected chi connectivity index (χ1v) is 7.36. The van der Waals surface area contributed by atoms with E-state index in [4.69, 9.17) is 9.47 Å². The maximum Gasteiger partial charge on any atom is 0.231 e. The van der Waals surface area contributed by atoms with Crippen molar-refractivity contribution in [3.8, 4) is 22.6 Å². The van der Waals surface area contributed by atoms with Gasteiger partial charge in [0.25, 0.3) is 0 Å². The molecule has 4 rings (SSSR count). The Bertz CT molecular complexity index is 651. The second-order valence-corrected chi connectivity index (χ2v) is 5.32. The Morgan fingerprint density at radius 1 is 0.905 bits per heavy atom. The van der Waals surface area contributed by atoms with E-state index in [1.165, 1.54) is 16.8 Å². The van der Waals surface area contributed by atoms with Gasteiger partial charge in [-0.2, -0.15) is 0 Å². The largest absolute Gasteiger partial charge is 0.454 e. The van der Waals surface area contributed by atoms with Crippen molar-refractivity contribution in [2.24, 2.45) is 0 Å². The molecule has 4 nitrogen and oxygen atoms in total. The molecule has 2 aliphatic rings. The number of nitrogens with one attached hydrogen (secondary N) is 1. The second-order valence-electron chi connectivity index (χ2n) is 5.32. The molecule has 108 valence electrons. The topological polar surface area (TPSA) is 33.7 Å². The Labute approximate surface area is 124 Å². The van der Waals surface area contributed by atoms with E-state index in [0.717, 1.165) is 37.7 Å². The number of anilines is 1. The molecule has 0 bridgehead atoms. The molecule has 1 N–H and O–H groups in total. The monoisotopic (exact) mass is 282 g/mol. The highest BCUT2D eigenvalue weighted by Crippen LogP contribution is 2.38. The summed E-state index contributed by atoms with van der Waals surface area (Å²) in [5.41, 5.74) is 3.71. The van der Waals surface area contributed by atoms with Crippen molar-refractivity contribution in [1.29, 1.82) is 0 Å². The fourth-order valence-corrected chi connectivity index (χ4v) is 2.96. The van der Waals surface area contributed by atoms with Crippen LogP contribution in [0.3, 0.4) is 0 Å². The van der Waals surface area contributed by atoms with Crippen molar-refractivity contribution in [2.75, 3.05) is 37.9 Å². The number of benzene rings is 2. The predicted octanol–water partition coefficient (Wildman–Crippen LogP) is 2.49. The van der Waals surface area contributed by atoms with E-state index in [2.05, 4.69) is 46.6 Å². The molecule has 2 aromatic carbocycles. The zero-order valence-corrected chi connectivity index (χ0v) is 11.8. The van der Waals surface area contributed by atoms with Crippen LogP contribution in [0.4, 0.5) is 5.69 Å². The molecule has 0 aliphatic carbocycles. The molecule has 21 heavy (non-hydrogen) atoms. The first-order chi connectivity index (χ1) is 10.4. The van der Waals surface area contributed by atoms with Gasteiger partial charge in [-0.25, -0.2) is 0 Å². The van der Waals surface area contributed by atoms with E-state index in [1.807, 2.05) is 6.07 Å². The number of hydrogen-bond acceptors (Lipinski definition) is 4. The second kappa shape index (κ2) is 5.30. The summed E-state index contributed by atoms with van der Waals surface area (Å²) >= 11 is 0. The number of hydrogen-bond donors (Lipinski definition) is 1. The van der Waals surface area contributed by atoms with Gasteiger partial charge in [-0.05, 0) is 23.8 Å². The molecular weight excluding hydrogens is 264 g/mol.